The number of benzene rings is 1. The summed E-state index contributed by atoms with van der Waals surface area (Å²) in [7, 11) is -0.907. The van der Waals surface area contributed by atoms with Crippen LogP contribution in [0.1, 0.15) is 31.9 Å². The molecule has 20 heavy (non-hydrogen) atoms. The highest BCUT2D eigenvalue weighted by Crippen LogP contribution is 2.30. The summed E-state index contributed by atoms with van der Waals surface area (Å²) >= 11 is 0. The van der Waals surface area contributed by atoms with Crippen LogP contribution in [0.5, 0.6) is 0 Å². The Labute approximate surface area is 122 Å². The molecule has 0 amide bonds. The first-order valence-electron chi connectivity index (χ1n) is 7.21. The average molecular weight is 296 g/mol. The number of rotatable bonds is 4. The molecule has 0 radical (unpaired) electrons. The number of para-hydroxylation sites is 1. The van der Waals surface area contributed by atoms with Crippen molar-refractivity contribution in [1.29, 1.82) is 0 Å². The van der Waals surface area contributed by atoms with Crippen LogP contribution in [0.25, 0.3) is 0 Å². The maximum atomic E-state index is 11.7. The van der Waals surface area contributed by atoms with E-state index in [2.05, 4.69) is 29.3 Å². The monoisotopic (exact) mass is 296 g/mol. The zero-order valence-electron chi connectivity index (χ0n) is 12.5. The zero-order valence-corrected chi connectivity index (χ0v) is 13.3. The molecule has 1 aromatic rings. The predicted octanol–water partition coefficient (Wildman–Crippen LogP) is 1.98. The molecule has 0 aromatic heterocycles. The number of hydrogen-bond acceptors (Lipinski definition) is 4. The van der Waals surface area contributed by atoms with Crippen molar-refractivity contribution in [3.8, 4) is 0 Å². The van der Waals surface area contributed by atoms with Gasteiger partial charge in [-0.15, -0.1) is 0 Å². The van der Waals surface area contributed by atoms with Gasteiger partial charge in [0.1, 0.15) is 0 Å². The van der Waals surface area contributed by atoms with Crippen LogP contribution in [-0.4, -0.2) is 39.6 Å². The van der Waals surface area contributed by atoms with Crippen LogP contribution < -0.4 is 10.2 Å². The lowest BCUT2D eigenvalue weighted by Gasteiger charge is -2.37. The summed E-state index contributed by atoms with van der Waals surface area (Å²) in [6.45, 7) is 4.73. The van der Waals surface area contributed by atoms with Crippen LogP contribution in [0, 0.1) is 0 Å². The minimum Gasteiger partial charge on any atom is -0.367 e. The Bertz CT molecular complexity index is 553. The molecule has 1 heterocycles. The largest absolute Gasteiger partial charge is 0.367 e. The Morgan fingerprint density at radius 2 is 2.10 bits per heavy atom. The topological polar surface area (TPSA) is 49.4 Å². The average Bonchev–Trinajstić information content (AvgIpc) is 2.40. The van der Waals surface area contributed by atoms with Crippen molar-refractivity contribution < 1.29 is 8.42 Å². The first-order valence-corrected chi connectivity index (χ1v) is 9.04. The van der Waals surface area contributed by atoms with E-state index in [0.29, 0.717) is 12.6 Å². The van der Waals surface area contributed by atoms with Crippen molar-refractivity contribution >= 4 is 15.5 Å². The summed E-state index contributed by atoms with van der Waals surface area (Å²) in [4.78, 5) is 2.23. The van der Waals surface area contributed by atoms with Crippen molar-refractivity contribution in [2.24, 2.45) is 0 Å². The van der Waals surface area contributed by atoms with E-state index in [1.165, 1.54) is 5.56 Å². The van der Waals surface area contributed by atoms with Gasteiger partial charge >= 0.3 is 0 Å². The Morgan fingerprint density at radius 3 is 2.70 bits per heavy atom. The SMILES string of the molecule is CCC(NC)c1ccccc1N1CCS(=O)(=O)CC1C. The van der Waals surface area contributed by atoms with Crippen molar-refractivity contribution in [2.45, 2.75) is 32.4 Å². The summed E-state index contributed by atoms with van der Waals surface area (Å²) < 4.78 is 23.5. The molecule has 2 rings (SSSR count). The third-order valence-corrected chi connectivity index (χ3v) is 5.84. The van der Waals surface area contributed by atoms with E-state index in [1.807, 2.05) is 26.1 Å². The standard InChI is InChI=1S/C15H24N2O2S/c1-4-14(16-3)13-7-5-6-8-15(13)17-9-10-20(18,19)11-12(17)2/h5-8,12,14,16H,4,9-11H2,1-3H3. The van der Waals surface area contributed by atoms with Gasteiger partial charge in [-0.1, -0.05) is 25.1 Å². The third-order valence-electron chi connectivity index (χ3n) is 4.05. The van der Waals surface area contributed by atoms with E-state index in [0.717, 1.165) is 12.1 Å². The van der Waals surface area contributed by atoms with Gasteiger partial charge in [-0.2, -0.15) is 0 Å². The third kappa shape index (κ3) is 3.15. The molecule has 4 nitrogen and oxygen atoms in total. The lowest BCUT2D eigenvalue weighted by Crippen LogP contribution is -2.47. The van der Waals surface area contributed by atoms with Crippen molar-refractivity contribution in [1.82, 2.24) is 5.32 Å². The first-order chi connectivity index (χ1) is 9.48. The molecule has 1 fully saturated rings. The van der Waals surface area contributed by atoms with Crippen LogP contribution in [0.2, 0.25) is 0 Å². The summed E-state index contributed by atoms with van der Waals surface area (Å²) in [6, 6.07) is 8.64. The molecular weight excluding hydrogens is 272 g/mol. The highest BCUT2D eigenvalue weighted by molar-refractivity contribution is 7.91. The molecule has 1 N–H and O–H groups in total. The van der Waals surface area contributed by atoms with Gasteiger partial charge in [0, 0.05) is 24.3 Å². The molecule has 1 aromatic carbocycles. The highest BCUT2D eigenvalue weighted by atomic mass is 32.2. The van der Waals surface area contributed by atoms with Crippen LogP contribution >= 0.6 is 0 Å². The van der Waals surface area contributed by atoms with Crippen LogP contribution in [-0.2, 0) is 9.84 Å². The first kappa shape index (κ1) is 15.3. The van der Waals surface area contributed by atoms with Crippen molar-refractivity contribution in [3.05, 3.63) is 29.8 Å². The lowest BCUT2D eigenvalue weighted by molar-refractivity contribution is 0.557. The predicted molar refractivity (Wildman–Crippen MR) is 84.0 cm³/mol. The maximum Gasteiger partial charge on any atom is 0.154 e. The number of anilines is 1. The van der Waals surface area contributed by atoms with Crippen LogP contribution in [0.4, 0.5) is 5.69 Å². The van der Waals surface area contributed by atoms with Crippen LogP contribution in [0.3, 0.4) is 0 Å². The summed E-state index contributed by atoms with van der Waals surface area (Å²) in [6.07, 6.45) is 1.01. The van der Waals surface area contributed by atoms with Gasteiger partial charge in [0.2, 0.25) is 0 Å². The molecule has 112 valence electrons. The molecule has 0 aliphatic carbocycles. The zero-order chi connectivity index (χ0) is 14.8. The Balaban J connectivity index is 2.33. The van der Waals surface area contributed by atoms with Crippen LogP contribution in [0.15, 0.2) is 24.3 Å². The number of hydrogen-bond donors (Lipinski definition) is 1. The fourth-order valence-corrected chi connectivity index (χ4v) is 4.54. The minimum absolute atomic E-state index is 0.0317. The second kappa shape index (κ2) is 6.14. The molecule has 1 aliphatic rings. The maximum absolute atomic E-state index is 11.7. The van der Waals surface area contributed by atoms with Gasteiger partial charge in [-0.25, -0.2) is 8.42 Å². The molecule has 0 saturated carbocycles. The summed E-state index contributed by atoms with van der Waals surface area (Å²) in [5.41, 5.74) is 2.42. The molecule has 0 spiro atoms. The second-order valence-electron chi connectivity index (χ2n) is 5.47. The number of nitrogens with one attached hydrogen (secondary N) is 1. The highest BCUT2D eigenvalue weighted by Gasteiger charge is 2.29. The Hall–Kier alpha value is -1.07. The van der Waals surface area contributed by atoms with E-state index >= 15 is 0 Å². The molecule has 5 heteroatoms. The molecular formula is C15H24N2O2S. The molecule has 1 saturated heterocycles. The van der Waals surface area contributed by atoms with E-state index in [9.17, 15) is 8.42 Å². The Kier molecular flexibility index (Phi) is 4.70. The van der Waals surface area contributed by atoms with Crippen molar-refractivity contribution in [2.75, 3.05) is 30.0 Å². The quantitative estimate of drug-likeness (QED) is 0.923. The fourth-order valence-electron chi connectivity index (χ4n) is 2.98. The van der Waals surface area contributed by atoms with Crippen molar-refractivity contribution in [3.63, 3.8) is 0 Å². The fraction of sp³-hybridized carbons (Fsp3) is 0.600. The van der Waals surface area contributed by atoms with E-state index in [1.54, 1.807) is 0 Å². The van der Waals surface area contributed by atoms with E-state index in [-0.39, 0.29) is 17.5 Å². The van der Waals surface area contributed by atoms with E-state index in [4.69, 9.17) is 0 Å². The molecule has 0 bridgehead atoms. The summed E-state index contributed by atoms with van der Waals surface area (Å²) in [5.74, 6) is 0.500. The normalized spacial score (nSPS) is 23.6. The molecule has 2 unspecified atom stereocenters. The molecule has 1 aliphatic heterocycles. The number of sulfone groups is 1. The van der Waals surface area contributed by atoms with Gasteiger partial charge in [-0.3, -0.25) is 0 Å². The Morgan fingerprint density at radius 1 is 1.40 bits per heavy atom. The smallest absolute Gasteiger partial charge is 0.154 e. The van der Waals surface area contributed by atoms with E-state index < -0.39 is 9.84 Å². The van der Waals surface area contributed by atoms with Gasteiger partial charge < -0.3 is 10.2 Å². The summed E-state index contributed by atoms with van der Waals surface area (Å²) in [5, 5.41) is 3.33. The number of nitrogens with zero attached hydrogens (tertiary/aromatic N) is 1. The van der Waals surface area contributed by atoms with Gasteiger partial charge in [0.05, 0.1) is 11.5 Å². The van der Waals surface area contributed by atoms with Gasteiger partial charge in [-0.05, 0) is 32.0 Å². The lowest BCUT2D eigenvalue weighted by atomic mass is 10.0. The van der Waals surface area contributed by atoms with Gasteiger partial charge in [0.25, 0.3) is 0 Å². The second-order valence-corrected chi connectivity index (χ2v) is 7.69. The minimum atomic E-state index is -2.87. The molecule has 2 atom stereocenters. The van der Waals surface area contributed by atoms with Gasteiger partial charge in [0.15, 0.2) is 9.84 Å².